The predicted molar refractivity (Wildman–Crippen MR) is 89.8 cm³/mol. The van der Waals surface area contributed by atoms with Gasteiger partial charge in [0.25, 0.3) is 5.56 Å². The van der Waals surface area contributed by atoms with Crippen LogP contribution in [0.5, 0.6) is 0 Å². The third-order valence-electron chi connectivity index (χ3n) is 3.87. The van der Waals surface area contributed by atoms with E-state index in [0.29, 0.717) is 0 Å². The largest absolute Gasteiger partial charge is 0.467 e. The molecule has 1 fully saturated rings. The molecule has 1 aromatic heterocycles. The maximum absolute atomic E-state index is 12.0. The van der Waals surface area contributed by atoms with Crippen LogP contribution in [-0.2, 0) is 16.0 Å². The number of aliphatic hydroxyl groups is 2. The molecule has 2 aromatic rings. The van der Waals surface area contributed by atoms with Crippen LogP contribution in [0.4, 0.5) is 0 Å². The summed E-state index contributed by atoms with van der Waals surface area (Å²) in [6.07, 6.45) is -1.68. The van der Waals surface area contributed by atoms with Crippen LogP contribution < -0.4 is 16.6 Å². The third-order valence-corrected chi connectivity index (χ3v) is 3.87. The molecule has 0 bridgehead atoms. The number of amides is 1. The van der Waals surface area contributed by atoms with Crippen molar-refractivity contribution in [1.82, 2.24) is 14.9 Å². The highest BCUT2D eigenvalue weighted by atomic mass is 16.5. The Morgan fingerprint density at radius 2 is 1.96 bits per heavy atom. The molecule has 0 radical (unpaired) electrons. The number of aliphatic hydroxyl groups excluding tert-OH is 2. The Morgan fingerprint density at radius 3 is 2.65 bits per heavy atom. The second kappa shape index (κ2) is 7.38. The van der Waals surface area contributed by atoms with Gasteiger partial charge in [-0.15, -0.1) is 0 Å². The van der Waals surface area contributed by atoms with Gasteiger partial charge in [-0.1, -0.05) is 30.3 Å². The fraction of sp³-hybridized carbons (Fsp3) is 0.235. The first-order valence-electron chi connectivity index (χ1n) is 7.83. The number of carbonyl (C=O) groups is 1. The number of nitrogens with one attached hydrogen (secondary N) is 2. The van der Waals surface area contributed by atoms with Gasteiger partial charge < -0.3 is 20.3 Å². The summed E-state index contributed by atoms with van der Waals surface area (Å²) in [5, 5.41) is 22.6. The van der Waals surface area contributed by atoms with Crippen molar-refractivity contribution in [2.24, 2.45) is 0 Å². The fourth-order valence-corrected chi connectivity index (χ4v) is 2.56. The average Bonchev–Trinajstić information content (AvgIpc) is 2.89. The molecule has 0 unspecified atom stereocenters. The molecule has 2 heterocycles. The standard InChI is InChI=1S/C17H17N3O6/c21-12-6-7-20(17(25)19-12)16-15(24)14(23)11(26-16)9-18-13(22)8-10-4-2-1-3-5-10/h1-7,9,14-16,23-24H,8H2,(H,18,22)(H,19,21,25)/b11-9+/t14-,15-,16-/m1/s1. The van der Waals surface area contributed by atoms with Crippen molar-refractivity contribution in [2.45, 2.75) is 24.9 Å². The number of H-pyrrole nitrogens is 1. The van der Waals surface area contributed by atoms with Gasteiger partial charge in [-0.25, -0.2) is 4.79 Å². The van der Waals surface area contributed by atoms with Gasteiger partial charge in [0, 0.05) is 18.5 Å². The van der Waals surface area contributed by atoms with E-state index in [0.717, 1.165) is 28.6 Å². The van der Waals surface area contributed by atoms with Crippen LogP contribution in [0.15, 0.2) is 64.1 Å². The molecule has 1 amide bonds. The van der Waals surface area contributed by atoms with E-state index in [1.165, 1.54) is 0 Å². The zero-order valence-corrected chi connectivity index (χ0v) is 13.5. The van der Waals surface area contributed by atoms with Crippen molar-refractivity contribution in [3.63, 3.8) is 0 Å². The highest BCUT2D eigenvalue weighted by molar-refractivity contribution is 5.79. The second-order valence-electron chi connectivity index (χ2n) is 5.74. The predicted octanol–water partition coefficient (Wildman–Crippen LogP) is -1.01. The zero-order valence-electron chi connectivity index (χ0n) is 13.5. The molecule has 0 spiro atoms. The van der Waals surface area contributed by atoms with E-state index in [1.807, 2.05) is 23.2 Å². The van der Waals surface area contributed by atoms with E-state index in [4.69, 9.17) is 4.74 Å². The normalized spacial score (nSPS) is 23.6. The summed E-state index contributed by atoms with van der Waals surface area (Å²) in [6.45, 7) is 0. The number of hydrogen-bond acceptors (Lipinski definition) is 6. The third kappa shape index (κ3) is 3.73. The summed E-state index contributed by atoms with van der Waals surface area (Å²) >= 11 is 0. The molecule has 136 valence electrons. The average molecular weight is 359 g/mol. The number of carbonyl (C=O) groups excluding carboxylic acids is 1. The number of ether oxygens (including phenoxy) is 1. The Labute approximate surface area is 147 Å². The number of aromatic amines is 1. The smallest absolute Gasteiger partial charge is 0.331 e. The number of rotatable bonds is 4. The van der Waals surface area contributed by atoms with E-state index < -0.39 is 29.7 Å². The lowest BCUT2D eigenvalue weighted by Gasteiger charge is -2.16. The van der Waals surface area contributed by atoms with Gasteiger partial charge in [0.2, 0.25) is 12.1 Å². The van der Waals surface area contributed by atoms with Crippen LogP contribution in [0.1, 0.15) is 11.8 Å². The lowest BCUT2D eigenvalue weighted by Crippen LogP contribution is -2.37. The maximum atomic E-state index is 12.0. The number of benzene rings is 1. The van der Waals surface area contributed by atoms with E-state index in [-0.39, 0.29) is 18.1 Å². The van der Waals surface area contributed by atoms with Crippen LogP contribution in [0, 0.1) is 0 Å². The van der Waals surface area contributed by atoms with Gasteiger partial charge in [0.15, 0.2) is 0 Å². The van der Waals surface area contributed by atoms with E-state index in [2.05, 4.69) is 5.32 Å². The van der Waals surface area contributed by atoms with Crippen molar-refractivity contribution < 1.29 is 19.7 Å². The summed E-state index contributed by atoms with van der Waals surface area (Å²) in [5.74, 6) is -0.430. The second-order valence-corrected chi connectivity index (χ2v) is 5.74. The maximum Gasteiger partial charge on any atom is 0.331 e. The molecule has 3 atom stereocenters. The minimum Gasteiger partial charge on any atom is -0.467 e. The van der Waals surface area contributed by atoms with Crippen LogP contribution >= 0.6 is 0 Å². The topological polar surface area (TPSA) is 134 Å². The Bertz CT molecular complexity index is 933. The van der Waals surface area contributed by atoms with Gasteiger partial charge in [0.1, 0.15) is 18.0 Å². The Balaban J connectivity index is 1.71. The highest BCUT2D eigenvalue weighted by Crippen LogP contribution is 2.30. The number of hydrogen-bond donors (Lipinski definition) is 4. The van der Waals surface area contributed by atoms with Crippen LogP contribution in [0.25, 0.3) is 0 Å². The SMILES string of the molecule is O=C(Cc1ccccc1)N/C=C1/O[C@@H](n2ccc(=O)[nH]c2=O)[C@H](O)[C@@H]1O. The van der Waals surface area contributed by atoms with Crippen LogP contribution in [0.3, 0.4) is 0 Å². The first-order chi connectivity index (χ1) is 12.5. The van der Waals surface area contributed by atoms with E-state index >= 15 is 0 Å². The fourth-order valence-electron chi connectivity index (χ4n) is 2.56. The Morgan fingerprint density at radius 1 is 1.23 bits per heavy atom. The van der Waals surface area contributed by atoms with Crippen molar-refractivity contribution in [3.05, 3.63) is 81.0 Å². The molecule has 3 rings (SSSR count). The molecular formula is C17H17N3O6. The molecule has 26 heavy (non-hydrogen) atoms. The summed E-state index contributed by atoms with van der Waals surface area (Å²) in [5.41, 5.74) is -0.569. The molecule has 1 aromatic carbocycles. The first-order valence-corrected chi connectivity index (χ1v) is 7.83. The highest BCUT2D eigenvalue weighted by Gasteiger charge is 2.41. The molecule has 0 saturated carbocycles. The van der Waals surface area contributed by atoms with Crippen molar-refractivity contribution in [2.75, 3.05) is 0 Å². The van der Waals surface area contributed by atoms with Crippen LogP contribution in [0.2, 0.25) is 0 Å². The van der Waals surface area contributed by atoms with Crippen molar-refractivity contribution >= 4 is 5.91 Å². The molecule has 9 nitrogen and oxygen atoms in total. The van der Waals surface area contributed by atoms with E-state index in [9.17, 15) is 24.6 Å². The molecular weight excluding hydrogens is 342 g/mol. The minimum atomic E-state index is -1.45. The zero-order chi connectivity index (χ0) is 18.7. The lowest BCUT2D eigenvalue weighted by molar-refractivity contribution is -0.119. The van der Waals surface area contributed by atoms with Gasteiger partial charge in [-0.2, -0.15) is 0 Å². The Kier molecular flexibility index (Phi) is 5.01. The summed E-state index contributed by atoms with van der Waals surface area (Å²) in [4.78, 5) is 36.9. The lowest BCUT2D eigenvalue weighted by atomic mass is 10.1. The molecule has 0 aliphatic carbocycles. The van der Waals surface area contributed by atoms with Gasteiger partial charge in [0.05, 0.1) is 6.42 Å². The number of aromatic nitrogens is 2. The Hall–Kier alpha value is -3.17. The number of nitrogens with zero attached hydrogens (tertiary/aromatic N) is 1. The molecule has 1 saturated heterocycles. The van der Waals surface area contributed by atoms with E-state index in [1.54, 1.807) is 12.1 Å². The van der Waals surface area contributed by atoms with Crippen molar-refractivity contribution in [1.29, 1.82) is 0 Å². The molecule has 1 aliphatic rings. The molecule has 4 N–H and O–H groups in total. The summed E-state index contributed by atoms with van der Waals surface area (Å²) in [6, 6.07) is 10.2. The summed E-state index contributed by atoms with van der Waals surface area (Å²) in [7, 11) is 0. The van der Waals surface area contributed by atoms with Crippen molar-refractivity contribution in [3.8, 4) is 0 Å². The summed E-state index contributed by atoms with van der Waals surface area (Å²) < 4.78 is 6.33. The minimum absolute atomic E-state index is 0.0954. The van der Waals surface area contributed by atoms with Gasteiger partial charge in [-0.05, 0) is 5.56 Å². The first kappa shape index (κ1) is 17.6. The van der Waals surface area contributed by atoms with Gasteiger partial charge in [-0.3, -0.25) is 19.1 Å². The monoisotopic (exact) mass is 359 g/mol. The quantitative estimate of drug-likeness (QED) is 0.553. The van der Waals surface area contributed by atoms with Crippen LogP contribution in [-0.4, -0.2) is 37.9 Å². The molecule has 9 heteroatoms. The molecule has 1 aliphatic heterocycles. The van der Waals surface area contributed by atoms with Gasteiger partial charge >= 0.3 is 5.69 Å².